The Morgan fingerprint density at radius 3 is 2.72 bits per heavy atom. The van der Waals surface area contributed by atoms with E-state index in [-0.39, 0.29) is 15.9 Å². The lowest BCUT2D eigenvalue weighted by Gasteiger charge is -2.31. The lowest BCUT2D eigenvalue weighted by atomic mass is 10.2. The predicted molar refractivity (Wildman–Crippen MR) is 126 cm³/mol. The lowest BCUT2D eigenvalue weighted by molar-refractivity contribution is -0.141. The summed E-state index contributed by atoms with van der Waals surface area (Å²) in [5.74, 6) is -0.763. The van der Waals surface area contributed by atoms with Gasteiger partial charge < -0.3 is 10.6 Å². The molecule has 1 fully saturated rings. The maximum atomic E-state index is 13.5. The van der Waals surface area contributed by atoms with Crippen LogP contribution in [-0.2, 0) is 6.18 Å². The van der Waals surface area contributed by atoms with Crippen LogP contribution in [-0.4, -0.2) is 48.7 Å². The Morgan fingerprint density at radius 2 is 2.03 bits per heavy atom. The Labute approximate surface area is 215 Å². The Morgan fingerprint density at radius 1 is 1.25 bits per heavy atom. The third kappa shape index (κ3) is 4.77. The van der Waals surface area contributed by atoms with Crippen LogP contribution in [0.25, 0.3) is 17.1 Å². The number of halogens is 5. The Hall–Kier alpha value is -3.16. The molecule has 1 aliphatic heterocycles. The van der Waals surface area contributed by atoms with Gasteiger partial charge in [-0.05, 0) is 42.4 Å². The molecule has 0 bridgehead atoms. The fourth-order valence-corrected chi connectivity index (χ4v) is 4.77. The van der Waals surface area contributed by atoms with Gasteiger partial charge in [0.2, 0.25) is 0 Å². The first-order valence-electron chi connectivity index (χ1n) is 10.6. The number of carbonyl (C=O) groups is 2. The van der Waals surface area contributed by atoms with E-state index in [1.54, 1.807) is 0 Å². The third-order valence-electron chi connectivity index (χ3n) is 5.52. The van der Waals surface area contributed by atoms with Gasteiger partial charge in [0.1, 0.15) is 11.9 Å². The number of rotatable bonds is 5. The summed E-state index contributed by atoms with van der Waals surface area (Å²) in [6, 6.07) is 2.94. The first kappa shape index (κ1) is 24.5. The van der Waals surface area contributed by atoms with E-state index >= 15 is 0 Å². The first-order chi connectivity index (χ1) is 17.1. The van der Waals surface area contributed by atoms with Gasteiger partial charge in [-0.15, -0.1) is 0 Å². The average molecular weight is 558 g/mol. The number of aromatic nitrogens is 4. The second kappa shape index (κ2) is 9.37. The molecule has 9 nitrogen and oxygen atoms in total. The van der Waals surface area contributed by atoms with Crippen LogP contribution in [0.1, 0.15) is 29.0 Å². The first-order valence-corrected chi connectivity index (χ1v) is 12.1. The summed E-state index contributed by atoms with van der Waals surface area (Å²) in [5.41, 5.74) is -1.82. The van der Waals surface area contributed by atoms with Gasteiger partial charge in [0, 0.05) is 30.2 Å². The molecule has 1 unspecified atom stereocenters. The molecule has 0 aromatic carbocycles. The van der Waals surface area contributed by atoms with E-state index in [1.807, 2.05) is 0 Å². The van der Waals surface area contributed by atoms with Crippen molar-refractivity contribution in [1.29, 1.82) is 0 Å². The number of amides is 3. The minimum atomic E-state index is -4.84. The molecule has 3 amide bonds. The molecule has 1 aliphatic carbocycles. The topological polar surface area (TPSA) is 105 Å². The van der Waals surface area contributed by atoms with Gasteiger partial charge >= 0.3 is 12.2 Å². The van der Waals surface area contributed by atoms with E-state index in [1.165, 1.54) is 35.6 Å². The number of alkyl halides is 3. The Balaban J connectivity index is 1.51. The zero-order chi connectivity index (χ0) is 25.6. The number of pyridine rings is 1. The van der Waals surface area contributed by atoms with E-state index in [0.29, 0.717) is 33.0 Å². The van der Waals surface area contributed by atoms with Crippen molar-refractivity contribution in [1.82, 2.24) is 34.7 Å². The average Bonchev–Trinajstić information content (AvgIpc) is 3.34. The van der Waals surface area contributed by atoms with Crippen molar-refractivity contribution in [3.05, 3.63) is 56.8 Å². The van der Waals surface area contributed by atoms with Gasteiger partial charge in [0.05, 0.1) is 20.8 Å². The summed E-state index contributed by atoms with van der Waals surface area (Å²) in [6.45, 7) is 0.454. The molecule has 2 aliphatic rings. The van der Waals surface area contributed by atoms with Gasteiger partial charge in [-0.1, -0.05) is 23.2 Å². The van der Waals surface area contributed by atoms with E-state index in [9.17, 15) is 22.8 Å². The van der Waals surface area contributed by atoms with Crippen LogP contribution in [0.3, 0.4) is 0 Å². The van der Waals surface area contributed by atoms with Crippen molar-refractivity contribution in [2.24, 2.45) is 5.92 Å². The molecular formula is C21H16Cl2F3N7O2S. The van der Waals surface area contributed by atoms with Gasteiger partial charge in [0.25, 0.3) is 5.91 Å². The SMILES string of the molecule is O=C(NC1C(Cl)=c2sncc2=CN1C(=O)NCC1CC1)c1cc(C(F)(F)F)nn1-c1ncccc1Cl. The molecule has 4 heterocycles. The summed E-state index contributed by atoms with van der Waals surface area (Å²) >= 11 is 13.7. The van der Waals surface area contributed by atoms with Crippen LogP contribution in [0.4, 0.5) is 18.0 Å². The highest BCUT2D eigenvalue weighted by Crippen LogP contribution is 2.31. The van der Waals surface area contributed by atoms with Crippen molar-refractivity contribution < 1.29 is 22.8 Å². The summed E-state index contributed by atoms with van der Waals surface area (Å²) in [4.78, 5) is 31.4. The van der Waals surface area contributed by atoms with Crippen molar-refractivity contribution in [2.75, 3.05) is 6.54 Å². The smallest absolute Gasteiger partial charge is 0.337 e. The van der Waals surface area contributed by atoms with Crippen LogP contribution in [0.2, 0.25) is 5.02 Å². The zero-order valence-corrected chi connectivity index (χ0v) is 20.4. The largest absolute Gasteiger partial charge is 0.435 e. The second-order valence-electron chi connectivity index (χ2n) is 8.13. The molecule has 5 rings (SSSR count). The minimum Gasteiger partial charge on any atom is -0.337 e. The fourth-order valence-electron chi connectivity index (χ4n) is 3.52. The summed E-state index contributed by atoms with van der Waals surface area (Å²) in [6.07, 6.45) is 0.283. The van der Waals surface area contributed by atoms with Crippen molar-refractivity contribution in [3.63, 3.8) is 0 Å². The zero-order valence-electron chi connectivity index (χ0n) is 18.1. The second-order valence-corrected chi connectivity index (χ2v) is 9.75. The van der Waals surface area contributed by atoms with Gasteiger partial charge in [0.15, 0.2) is 11.5 Å². The van der Waals surface area contributed by atoms with Gasteiger partial charge in [-0.3, -0.25) is 9.69 Å². The molecule has 36 heavy (non-hydrogen) atoms. The van der Waals surface area contributed by atoms with Crippen LogP contribution in [0.5, 0.6) is 0 Å². The van der Waals surface area contributed by atoms with Crippen molar-refractivity contribution in [3.8, 4) is 5.82 Å². The van der Waals surface area contributed by atoms with Crippen molar-refractivity contribution in [2.45, 2.75) is 25.2 Å². The number of urea groups is 1. The molecule has 0 spiro atoms. The highest BCUT2D eigenvalue weighted by molar-refractivity contribution is 7.04. The van der Waals surface area contributed by atoms with Crippen molar-refractivity contribution >= 4 is 57.9 Å². The molecule has 2 N–H and O–H groups in total. The molecule has 0 saturated heterocycles. The number of fused-ring (bicyclic) bond motifs is 1. The molecule has 1 saturated carbocycles. The fraction of sp³-hybridized carbons (Fsp3) is 0.286. The molecule has 0 radical (unpaired) electrons. The molecule has 1 atom stereocenters. The van der Waals surface area contributed by atoms with Crippen LogP contribution in [0.15, 0.2) is 30.6 Å². The Bertz CT molecular complexity index is 1470. The van der Waals surface area contributed by atoms with E-state index in [2.05, 4.69) is 25.1 Å². The summed E-state index contributed by atoms with van der Waals surface area (Å²) in [5, 5.41) is 9.50. The number of hydrogen-bond acceptors (Lipinski definition) is 6. The number of nitrogens with zero attached hydrogens (tertiary/aromatic N) is 5. The third-order valence-corrected chi connectivity index (χ3v) is 7.18. The minimum absolute atomic E-state index is 0.0191. The molecule has 3 aromatic rings. The number of nitrogens with one attached hydrogen (secondary N) is 2. The molecule has 188 valence electrons. The van der Waals surface area contributed by atoms with E-state index in [4.69, 9.17) is 23.2 Å². The van der Waals surface area contributed by atoms with Crippen LogP contribution >= 0.6 is 34.7 Å². The Kier molecular flexibility index (Phi) is 6.39. The monoisotopic (exact) mass is 557 g/mol. The number of carbonyl (C=O) groups excluding carboxylic acids is 2. The highest BCUT2D eigenvalue weighted by atomic mass is 35.5. The van der Waals surface area contributed by atoms with Crippen LogP contribution < -0.4 is 20.4 Å². The quantitative estimate of drug-likeness (QED) is 0.501. The molecule has 15 heteroatoms. The maximum absolute atomic E-state index is 13.5. The van der Waals surface area contributed by atoms with E-state index in [0.717, 1.165) is 24.4 Å². The van der Waals surface area contributed by atoms with Crippen LogP contribution in [0, 0.1) is 5.92 Å². The highest BCUT2D eigenvalue weighted by Gasteiger charge is 2.38. The predicted octanol–water partition coefficient (Wildman–Crippen LogP) is 2.67. The maximum Gasteiger partial charge on any atom is 0.435 e. The molecule has 3 aromatic heterocycles. The lowest BCUT2D eigenvalue weighted by Crippen LogP contribution is -2.56. The van der Waals surface area contributed by atoms with Gasteiger partial charge in [-0.2, -0.15) is 22.6 Å². The van der Waals surface area contributed by atoms with E-state index < -0.39 is 35.7 Å². The summed E-state index contributed by atoms with van der Waals surface area (Å²) < 4.78 is 45.7. The number of hydrogen-bond donors (Lipinski definition) is 2. The standard InChI is InChI=1S/C21H16Cl2F3N7O2S/c22-12-2-1-5-27-17(12)33-13(6-14(31-33)21(24,25)26)19(34)30-18-15(23)16-11(8-29-36-16)9-32(18)20(35)28-7-10-3-4-10/h1-2,5-6,8-10,18H,3-4,7H2,(H,28,35)(H,30,34). The summed E-state index contributed by atoms with van der Waals surface area (Å²) in [7, 11) is 0. The van der Waals surface area contributed by atoms with Gasteiger partial charge in [-0.25, -0.2) is 14.5 Å². The normalized spacial score (nSPS) is 17.4. The molecular weight excluding hydrogens is 542 g/mol.